The molecule has 1 fully saturated rings. The van der Waals surface area contributed by atoms with E-state index < -0.39 is 5.41 Å². The fraction of sp³-hybridized carbons (Fsp3) is 0.417. The van der Waals surface area contributed by atoms with E-state index in [0.717, 1.165) is 19.3 Å². The minimum atomic E-state index is -0.617. The predicted molar refractivity (Wildman–Crippen MR) is 58.4 cm³/mol. The lowest BCUT2D eigenvalue weighted by Crippen LogP contribution is -2.44. The molecule has 1 aliphatic carbocycles. The molecule has 2 N–H and O–H groups in total. The first-order valence-corrected chi connectivity index (χ1v) is 5.34. The van der Waals surface area contributed by atoms with Crippen molar-refractivity contribution in [2.45, 2.75) is 19.3 Å². The second kappa shape index (κ2) is 4.22. The first-order chi connectivity index (χ1) is 7.66. The van der Waals surface area contributed by atoms with Crippen molar-refractivity contribution < 1.29 is 14.3 Å². The molecular formula is C12H14FNO2. The molecule has 86 valence electrons. The van der Waals surface area contributed by atoms with E-state index in [1.54, 1.807) is 0 Å². The second-order valence-electron chi connectivity index (χ2n) is 4.25. The van der Waals surface area contributed by atoms with Gasteiger partial charge in [0, 0.05) is 5.69 Å². The highest BCUT2D eigenvalue weighted by Crippen LogP contribution is 2.41. The summed E-state index contributed by atoms with van der Waals surface area (Å²) in [7, 11) is 0. The van der Waals surface area contributed by atoms with Crippen LogP contribution in [0.1, 0.15) is 19.3 Å². The van der Waals surface area contributed by atoms with Gasteiger partial charge in [-0.05, 0) is 37.1 Å². The van der Waals surface area contributed by atoms with Crippen LogP contribution in [0.15, 0.2) is 24.3 Å². The molecule has 0 saturated heterocycles. The fourth-order valence-corrected chi connectivity index (χ4v) is 1.86. The Labute approximate surface area is 93.3 Å². The number of hydrogen-bond acceptors (Lipinski definition) is 2. The van der Waals surface area contributed by atoms with E-state index >= 15 is 0 Å². The van der Waals surface area contributed by atoms with Crippen LogP contribution >= 0.6 is 0 Å². The molecule has 0 unspecified atom stereocenters. The fourth-order valence-electron chi connectivity index (χ4n) is 1.86. The summed E-state index contributed by atoms with van der Waals surface area (Å²) in [6.45, 7) is -0.125. The smallest absolute Gasteiger partial charge is 0.232 e. The van der Waals surface area contributed by atoms with Gasteiger partial charge in [-0.3, -0.25) is 4.79 Å². The highest BCUT2D eigenvalue weighted by atomic mass is 19.1. The number of anilines is 1. The highest BCUT2D eigenvalue weighted by Gasteiger charge is 2.43. The van der Waals surface area contributed by atoms with Crippen molar-refractivity contribution in [3.8, 4) is 0 Å². The van der Waals surface area contributed by atoms with Crippen molar-refractivity contribution in [3.05, 3.63) is 30.1 Å². The van der Waals surface area contributed by atoms with E-state index in [1.807, 2.05) is 0 Å². The van der Waals surface area contributed by atoms with Gasteiger partial charge in [0.05, 0.1) is 12.0 Å². The van der Waals surface area contributed by atoms with Crippen molar-refractivity contribution in [2.75, 3.05) is 11.9 Å². The van der Waals surface area contributed by atoms with Crippen LogP contribution in [0.5, 0.6) is 0 Å². The number of benzene rings is 1. The second-order valence-corrected chi connectivity index (χ2v) is 4.25. The monoisotopic (exact) mass is 223 g/mol. The van der Waals surface area contributed by atoms with Gasteiger partial charge < -0.3 is 10.4 Å². The first-order valence-electron chi connectivity index (χ1n) is 5.34. The molecule has 16 heavy (non-hydrogen) atoms. The minimum absolute atomic E-state index is 0.125. The lowest BCUT2D eigenvalue weighted by molar-refractivity contribution is -0.133. The zero-order chi connectivity index (χ0) is 11.6. The maximum Gasteiger partial charge on any atom is 0.232 e. The Morgan fingerprint density at radius 2 is 2.00 bits per heavy atom. The average Bonchev–Trinajstić information content (AvgIpc) is 2.21. The SMILES string of the molecule is O=C(Nc1ccc(F)cc1)C1(CO)CCC1. The molecule has 1 saturated carbocycles. The van der Waals surface area contributed by atoms with E-state index in [4.69, 9.17) is 0 Å². The summed E-state index contributed by atoms with van der Waals surface area (Å²) in [5.41, 5.74) is -0.0555. The van der Waals surface area contributed by atoms with Gasteiger partial charge >= 0.3 is 0 Å². The van der Waals surface area contributed by atoms with E-state index in [1.165, 1.54) is 24.3 Å². The number of rotatable bonds is 3. The number of hydrogen-bond donors (Lipinski definition) is 2. The summed E-state index contributed by atoms with van der Waals surface area (Å²) in [5, 5.41) is 11.9. The topological polar surface area (TPSA) is 49.3 Å². The number of halogens is 1. The Bertz CT molecular complexity index is 379. The van der Waals surface area contributed by atoms with Gasteiger partial charge in [-0.15, -0.1) is 0 Å². The molecule has 1 aromatic carbocycles. The van der Waals surface area contributed by atoms with Crippen molar-refractivity contribution in [3.63, 3.8) is 0 Å². The third-order valence-electron chi connectivity index (χ3n) is 3.20. The van der Waals surface area contributed by atoms with Gasteiger partial charge in [0.1, 0.15) is 5.82 Å². The first kappa shape index (κ1) is 11.1. The van der Waals surface area contributed by atoms with Gasteiger partial charge in [-0.2, -0.15) is 0 Å². The third-order valence-corrected chi connectivity index (χ3v) is 3.20. The molecule has 0 bridgehead atoms. The Balaban J connectivity index is 2.04. The molecule has 1 amide bonds. The summed E-state index contributed by atoms with van der Waals surface area (Å²) in [4.78, 5) is 11.9. The van der Waals surface area contributed by atoms with Crippen LogP contribution < -0.4 is 5.32 Å². The van der Waals surface area contributed by atoms with Crippen molar-refractivity contribution in [2.24, 2.45) is 5.41 Å². The van der Waals surface area contributed by atoms with Crippen LogP contribution in [0, 0.1) is 11.2 Å². The summed E-state index contributed by atoms with van der Waals surface area (Å²) in [6.07, 6.45) is 2.41. The van der Waals surface area contributed by atoms with Gasteiger partial charge in [0.2, 0.25) is 5.91 Å². The van der Waals surface area contributed by atoms with Gasteiger partial charge in [0.15, 0.2) is 0 Å². The maximum atomic E-state index is 12.6. The molecule has 1 aliphatic rings. The Morgan fingerprint density at radius 3 is 2.44 bits per heavy atom. The van der Waals surface area contributed by atoms with Crippen LogP contribution in [0.25, 0.3) is 0 Å². The molecular weight excluding hydrogens is 209 g/mol. The number of nitrogens with one attached hydrogen (secondary N) is 1. The number of amides is 1. The van der Waals surface area contributed by atoms with E-state index in [0.29, 0.717) is 5.69 Å². The number of aliphatic hydroxyl groups is 1. The van der Waals surface area contributed by atoms with E-state index in [-0.39, 0.29) is 18.3 Å². The molecule has 4 heteroatoms. The van der Waals surface area contributed by atoms with Gasteiger partial charge in [-0.25, -0.2) is 4.39 Å². The summed E-state index contributed by atoms with van der Waals surface area (Å²) in [6, 6.07) is 5.61. The van der Waals surface area contributed by atoms with Crippen molar-refractivity contribution in [1.82, 2.24) is 0 Å². The maximum absolute atomic E-state index is 12.6. The normalized spacial score (nSPS) is 17.6. The molecule has 2 rings (SSSR count). The van der Waals surface area contributed by atoms with Crippen LogP contribution in [0.2, 0.25) is 0 Å². The zero-order valence-electron chi connectivity index (χ0n) is 8.87. The molecule has 1 aromatic rings. The molecule has 0 heterocycles. The zero-order valence-corrected chi connectivity index (χ0v) is 8.87. The molecule has 0 spiro atoms. The average molecular weight is 223 g/mol. The molecule has 0 aliphatic heterocycles. The van der Waals surface area contributed by atoms with Crippen molar-refractivity contribution in [1.29, 1.82) is 0 Å². The summed E-state index contributed by atoms with van der Waals surface area (Å²) >= 11 is 0. The largest absolute Gasteiger partial charge is 0.395 e. The van der Waals surface area contributed by atoms with E-state index in [2.05, 4.69) is 5.32 Å². The minimum Gasteiger partial charge on any atom is -0.395 e. The van der Waals surface area contributed by atoms with Crippen LogP contribution in [0.3, 0.4) is 0 Å². The lowest BCUT2D eigenvalue weighted by Gasteiger charge is -2.38. The Hall–Kier alpha value is -1.42. The Morgan fingerprint density at radius 1 is 1.38 bits per heavy atom. The van der Waals surface area contributed by atoms with E-state index in [9.17, 15) is 14.3 Å². The van der Waals surface area contributed by atoms with Gasteiger partial charge in [0.25, 0.3) is 0 Å². The van der Waals surface area contributed by atoms with Crippen LogP contribution in [0.4, 0.5) is 10.1 Å². The molecule has 3 nitrogen and oxygen atoms in total. The number of aliphatic hydroxyl groups excluding tert-OH is 1. The number of carbonyl (C=O) groups is 1. The standard InChI is InChI=1S/C12H14FNO2/c13-9-2-4-10(5-3-9)14-11(16)12(8-15)6-1-7-12/h2-5,15H,1,6-8H2,(H,14,16). The summed E-state index contributed by atoms with van der Waals surface area (Å²) < 4.78 is 12.6. The molecule has 0 atom stereocenters. The third kappa shape index (κ3) is 1.93. The molecule has 0 aromatic heterocycles. The summed E-state index contributed by atoms with van der Waals surface area (Å²) in [5.74, 6) is -0.508. The van der Waals surface area contributed by atoms with Gasteiger partial charge in [-0.1, -0.05) is 6.42 Å². The van der Waals surface area contributed by atoms with Crippen LogP contribution in [-0.2, 0) is 4.79 Å². The number of carbonyl (C=O) groups excluding carboxylic acids is 1. The van der Waals surface area contributed by atoms with Crippen molar-refractivity contribution >= 4 is 11.6 Å². The molecule has 0 radical (unpaired) electrons. The highest BCUT2D eigenvalue weighted by molar-refractivity contribution is 5.96. The van der Waals surface area contributed by atoms with Crippen LogP contribution in [-0.4, -0.2) is 17.6 Å². The predicted octanol–water partition coefficient (Wildman–Crippen LogP) is 1.93. The Kier molecular flexibility index (Phi) is 2.92. The quantitative estimate of drug-likeness (QED) is 0.822. The lowest BCUT2D eigenvalue weighted by atomic mass is 9.68.